The molecule has 2 aromatic carbocycles. The van der Waals surface area contributed by atoms with E-state index >= 15 is 0 Å². The number of ether oxygens (including phenoxy) is 2. The van der Waals surface area contributed by atoms with E-state index in [4.69, 9.17) is 9.47 Å². The lowest BCUT2D eigenvalue weighted by atomic mass is 9.96. The Balaban J connectivity index is 1.52. The molecule has 8 heteroatoms. The van der Waals surface area contributed by atoms with Gasteiger partial charge in [-0.1, -0.05) is 42.5 Å². The molecule has 2 atom stereocenters. The normalized spacial score (nSPS) is 19.4. The highest BCUT2D eigenvalue weighted by molar-refractivity contribution is 5.88. The fraction of sp³-hybridized carbons (Fsp3) is 0.517. The monoisotopic (exact) mass is 508 g/mol. The van der Waals surface area contributed by atoms with Crippen LogP contribution in [-0.4, -0.2) is 80.8 Å². The zero-order valence-electron chi connectivity index (χ0n) is 22.0. The third kappa shape index (κ3) is 7.77. The molecular weight excluding hydrogens is 468 g/mol. The second-order valence-electron chi connectivity index (χ2n) is 10.1. The van der Waals surface area contributed by atoms with Gasteiger partial charge in [-0.25, -0.2) is 0 Å². The number of amides is 2. The van der Waals surface area contributed by atoms with Crippen LogP contribution in [-0.2, 0) is 27.3 Å². The van der Waals surface area contributed by atoms with Crippen molar-refractivity contribution >= 4 is 11.8 Å². The Labute approximate surface area is 220 Å². The summed E-state index contributed by atoms with van der Waals surface area (Å²) in [4.78, 5) is 31.6. The molecule has 2 aromatic rings. The maximum atomic E-state index is 13.8. The molecular formula is C29H40N4O4. The topological polar surface area (TPSA) is 83.1 Å². The first-order valence-corrected chi connectivity index (χ1v) is 13.3. The van der Waals surface area contributed by atoms with Gasteiger partial charge in [-0.15, -0.1) is 0 Å². The largest absolute Gasteiger partial charge is 0.497 e. The molecule has 2 heterocycles. The second kappa shape index (κ2) is 13.6. The van der Waals surface area contributed by atoms with Crippen LogP contribution >= 0.6 is 0 Å². The first-order valence-electron chi connectivity index (χ1n) is 13.3. The van der Waals surface area contributed by atoms with E-state index in [1.807, 2.05) is 66.5 Å². The van der Waals surface area contributed by atoms with Crippen molar-refractivity contribution in [2.45, 2.75) is 44.3 Å². The molecule has 2 unspecified atom stereocenters. The zero-order chi connectivity index (χ0) is 26.0. The number of rotatable bonds is 11. The fourth-order valence-corrected chi connectivity index (χ4v) is 5.15. The van der Waals surface area contributed by atoms with Gasteiger partial charge >= 0.3 is 0 Å². The van der Waals surface area contributed by atoms with Crippen molar-refractivity contribution in [3.63, 3.8) is 0 Å². The van der Waals surface area contributed by atoms with Gasteiger partial charge in [0.15, 0.2) is 0 Å². The molecule has 8 nitrogen and oxygen atoms in total. The number of carbonyl (C=O) groups is 2. The van der Waals surface area contributed by atoms with Crippen LogP contribution in [0, 0.1) is 5.92 Å². The Hall–Kier alpha value is -2.94. The number of carbonyl (C=O) groups excluding carboxylic acids is 2. The summed E-state index contributed by atoms with van der Waals surface area (Å²) in [5.74, 6) is 1.02. The summed E-state index contributed by atoms with van der Waals surface area (Å²) in [6.07, 6.45) is 2.77. The van der Waals surface area contributed by atoms with Crippen LogP contribution in [0.5, 0.6) is 5.75 Å². The van der Waals surface area contributed by atoms with Crippen LogP contribution in [0.1, 0.15) is 30.4 Å². The van der Waals surface area contributed by atoms with Crippen LogP contribution in [0.25, 0.3) is 0 Å². The van der Waals surface area contributed by atoms with Crippen LogP contribution in [0.2, 0.25) is 0 Å². The average molecular weight is 509 g/mol. The van der Waals surface area contributed by atoms with Gasteiger partial charge in [0.2, 0.25) is 11.8 Å². The first-order chi connectivity index (χ1) is 18.0. The van der Waals surface area contributed by atoms with Crippen molar-refractivity contribution in [3.05, 3.63) is 65.7 Å². The highest BCUT2D eigenvalue weighted by atomic mass is 16.5. The molecule has 2 fully saturated rings. The van der Waals surface area contributed by atoms with Gasteiger partial charge in [0.05, 0.1) is 13.2 Å². The number of methoxy groups -OCH3 is 1. The summed E-state index contributed by atoms with van der Waals surface area (Å²) >= 11 is 0. The summed E-state index contributed by atoms with van der Waals surface area (Å²) < 4.78 is 10.8. The van der Waals surface area contributed by atoms with E-state index in [-0.39, 0.29) is 17.9 Å². The van der Waals surface area contributed by atoms with E-state index < -0.39 is 6.04 Å². The molecule has 0 spiro atoms. The van der Waals surface area contributed by atoms with Crippen molar-refractivity contribution < 1.29 is 19.1 Å². The lowest BCUT2D eigenvalue weighted by Gasteiger charge is -2.38. The molecule has 2 aliphatic rings. The molecule has 37 heavy (non-hydrogen) atoms. The SMILES string of the molecule is COc1ccc(CCC(=O)N(CC2CCOCC2)C(C(=O)NCc2ccccc2)C2CN(C)CN2)cc1. The second-order valence-corrected chi connectivity index (χ2v) is 10.1. The maximum Gasteiger partial charge on any atom is 0.244 e. The fourth-order valence-electron chi connectivity index (χ4n) is 5.15. The van der Waals surface area contributed by atoms with Crippen LogP contribution in [0.3, 0.4) is 0 Å². The number of likely N-dealkylation sites (N-methyl/N-ethyl adjacent to an activating group) is 1. The van der Waals surface area contributed by atoms with E-state index in [1.165, 1.54) is 0 Å². The third-order valence-electron chi connectivity index (χ3n) is 7.33. The van der Waals surface area contributed by atoms with Crippen molar-refractivity contribution in [3.8, 4) is 5.75 Å². The predicted octanol–water partition coefficient (Wildman–Crippen LogP) is 2.43. The standard InChI is InChI=1S/C29H40N4O4/c1-32-20-26(31-21-32)28(29(35)30-18-23-6-4-3-5-7-23)33(19-24-14-16-37-17-15-24)27(34)13-10-22-8-11-25(36-2)12-9-22/h3-9,11-12,24,26,28,31H,10,13-21H2,1-2H3,(H,30,35). The summed E-state index contributed by atoms with van der Waals surface area (Å²) in [6, 6.07) is 17.0. The number of benzene rings is 2. The van der Waals surface area contributed by atoms with Gasteiger partial charge in [0.1, 0.15) is 11.8 Å². The van der Waals surface area contributed by atoms with E-state index in [2.05, 4.69) is 15.5 Å². The number of aryl methyl sites for hydroxylation is 1. The van der Waals surface area contributed by atoms with E-state index in [9.17, 15) is 9.59 Å². The first kappa shape index (κ1) is 27.1. The van der Waals surface area contributed by atoms with Gasteiger partial charge in [-0.2, -0.15) is 0 Å². The lowest BCUT2D eigenvalue weighted by molar-refractivity contribution is -0.143. The molecule has 2 saturated heterocycles. The van der Waals surface area contributed by atoms with Gasteiger partial charge in [-0.05, 0) is 55.5 Å². The maximum absolute atomic E-state index is 13.8. The van der Waals surface area contributed by atoms with Crippen molar-refractivity contribution in [2.75, 3.05) is 47.1 Å². The molecule has 2 aliphatic heterocycles. The molecule has 0 aromatic heterocycles. The molecule has 4 rings (SSSR count). The highest BCUT2D eigenvalue weighted by Crippen LogP contribution is 2.22. The third-order valence-corrected chi connectivity index (χ3v) is 7.33. The Morgan fingerprint density at radius 3 is 2.49 bits per heavy atom. The highest BCUT2D eigenvalue weighted by Gasteiger charge is 2.40. The van der Waals surface area contributed by atoms with Crippen LogP contribution in [0.4, 0.5) is 0 Å². The van der Waals surface area contributed by atoms with Gasteiger partial charge in [0.25, 0.3) is 0 Å². The summed E-state index contributed by atoms with van der Waals surface area (Å²) in [5, 5.41) is 6.60. The minimum Gasteiger partial charge on any atom is -0.497 e. The molecule has 0 saturated carbocycles. The van der Waals surface area contributed by atoms with Crippen LogP contribution in [0.15, 0.2) is 54.6 Å². The summed E-state index contributed by atoms with van der Waals surface area (Å²) in [5.41, 5.74) is 2.11. The Kier molecular flexibility index (Phi) is 9.93. The van der Waals surface area contributed by atoms with Crippen molar-refractivity contribution in [2.24, 2.45) is 5.92 Å². The molecule has 2 amide bonds. The van der Waals surface area contributed by atoms with Crippen molar-refractivity contribution in [1.29, 1.82) is 0 Å². The Bertz CT molecular complexity index is 995. The molecule has 0 radical (unpaired) electrons. The van der Waals surface area contributed by atoms with E-state index in [0.717, 1.165) is 29.7 Å². The Morgan fingerprint density at radius 1 is 1.11 bits per heavy atom. The quantitative estimate of drug-likeness (QED) is 0.485. The van der Waals surface area contributed by atoms with Crippen LogP contribution < -0.4 is 15.4 Å². The summed E-state index contributed by atoms with van der Waals surface area (Å²) in [6.45, 7) is 3.80. The molecule has 0 bridgehead atoms. The molecule has 0 aliphatic carbocycles. The number of hydrogen-bond donors (Lipinski definition) is 2. The minimum atomic E-state index is -0.583. The van der Waals surface area contributed by atoms with E-state index in [0.29, 0.717) is 58.3 Å². The Morgan fingerprint density at radius 2 is 1.84 bits per heavy atom. The van der Waals surface area contributed by atoms with Gasteiger partial charge in [-0.3, -0.25) is 19.8 Å². The summed E-state index contributed by atoms with van der Waals surface area (Å²) in [7, 11) is 3.67. The van der Waals surface area contributed by atoms with Gasteiger partial charge in [0, 0.05) is 45.9 Å². The molecule has 2 N–H and O–H groups in total. The zero-order valence-corrected chi connectivity index (χ0v) is 22.0. The number of nitrogens with zero attached hydrogens (tertiary/aromatic N) is 2. The smallest absolute Gasteiger partial charge is 0.244 e. The van der Waals surface area contributed by atoms with E-state index in [1.54, 1.807) is 7.11 Å². The molecule has 200 valence electrons. The minimum absolute atomic E-state index is 0.0125. The number of nitrogens with one attached hydrogen (secondary N) is 2. The lowest BCUT2D eigenvalue weighted by Crippen LogP contribution is -2.59. The average Bonchev–Trinajstić information content (AvgIpc) is 3.37. The van der Waals surface area contributed by atoms with Gasteiger partial charge < -0.3 is 19.7 Å². The predicted molar refractivity (Wildman–Crippen MR) is 143 cm³/mol. The van der Waals surface area contributed by atoms with Crippen molar-refractivity contribution in [1.82, 2.24) is 20.4 Å². The number of hydrogen-bond acceptors (Lipinski definition) is 6.